The van der Waals surface area contributed by atoms with Gasteiger partial charge in [-0.05, 0) is 22.2 Å². The van der Waals surface area contributed by atoms with Crippen LogP contribution in [0.4, 0.5) is 0 Å². The van der Waals surface area contributed by atoms with E-state index in [0.29, 0.717) is 0 Å². The van der Waals surface area contributed by atoms with Crippen LogP contribution >= 0.6 is 0 Å². The molecule has 103 valence electrons. The zero-order valence-electron chi connectivity index (χ0n) is 13.0. The molecule has 2 heteroatoms. The van der Waals surface area contributed by atoms with Crippen molar-refractivity contribution in [2.45, 2.75) is 39.3 Å². The molecule has 0 aliphatic carbocycles. The molecule has 1 nitrogen and oxygen atoms in total. The summed E-state index contributed by atoms with van der Waals surface area (Å²) in [5.41, 5.74) is 4.30. The second-order valence-electron chi connectivity index (χ2n) is 6.83. The van der Waals surface area contributed by atoms with Crippen LogP contribution in [-0.4, -0.2) is 13.8 Å². The first-order valence-electron chi connectivity index (χ1n) is 7.24. The maximum Gasteiger partial charge on any atom is 0.0823 e. The lowest BCUT2D eigenvalue weighted by Gasteiger charge is -2.25. The average molecular weight is 280 g/mol. The van der Waals surface area contributed by atoms with E-state index in [9.17, 15) is 0 Å². The molecule has 3 aromatic rings. The van der Waals surface area contributed by atoms with Crippen molar-refractivity contribution in [3.63, 3.8) is 0 Å². The highest BCUT2D eigenvalue weighted by molar-refractivity contribution is 6.73. The van der Waals surface area contributed by atoms with E-state index < -0.39 is 8.80 Å². The number of hydrogen-bond donors (Lipinski definition) is 1. The Morgan fingerprint density at radius 1 is 0.900 bits per heavy atom. The summed E-state index contributed by atoms with van der Waals surface area (Å²) in [6, 6.07) is 13.3. The topological polar surface area (TPSA) is 15.8 Å². The maximum absolute atomic E-state index is 3.67. The Balaban J connectivity index is 2.46. The highest BCUT2D eigenvalue weighted by Gasteiger charge is 2.23. The van der Waals surface area contributed by atoms with E-state index in [4.69, 9.17) is 0 Å². The number of nitrogens with one attached hydrogen (secondary N) is 1. The molecule has 1 radical (unpaired) electrons. The van der Waals surface area contributed by atoms with Gasteiger partial charge in [-0.25, -0.2) is 0 Å². The molecule has 0 atom stereocenters. The van der Waals surface area contributed by atoms with Gasteiger partial charge in [0.25, 0.3) is 0 Å². The largest absolute Gasteiger partial charge is 0.355 e. The Morgan fingerprint density at radius 3 is 2.25 bits per heavy atom. The summed E-state index contributed by atoms with van der Waals surface area (Å²) < 4.78 is 0. The van der Waals surface area contributed by atoms with Crippen LogP contribution in [-0.2, 0) is 5.41 Å². The van der Waals surface area contributed by atoms with Crippen molar-refractivity contribution in [1.29, 1.82) is 0 Å². The minimum atomic E-state index is -0.528. The molecule has 0 saturated heterocycles. The Kier molecular flexibility index (Phi) is 3.02. The van der Waals surface area contributed by atoms with E-state index in [1.165, 1.54) is 27.4 Å². The minimum absolute atomic E-state index is 0.197. The van der Waals surface area contributed by atoms with E-state index in [1.54, 1.807) is 5.19 Å². The first kappa shape index (κ1) is 13.4. The first-order valence-corrected chi connectivity index (χ1v) is 9.74. The lowest BCUT2D eigenvalue weighted by molar-refractivity contribution is 0.594. The number of fused-ring (bicyclic) bond motifs is 3. The van der Waals surface area contributed by atoms with E-state index in [0.717, 1.165) is 0 Å². The number of benzene rings is 2. The lowest BCUT2D eigenvalue weighted by Crippen LogP contribution is -2.33. The second kappa shape index (κ2) is 4.49. The molecule has 0 spiro atoms. The molecule has 2 aromatic carbocycles. The zero-order valence-corrected chi connectivity index (χ0v) is 14.0. The van der Waals surface area contributed by atoms with Gasteiger partial charge in [-0.1, -0.05) is 64.2 Å². The van der Waals surface area contributed by atoms with Gasteiger partial charge in [0.1, 0.15) is 0 Å². The molecule has 0 fully saturated rings. The van der Waals surface area contributed by atoms with Crippen LogP contribution in [0.2, 0.25) is 13.1 Å². The summed E-state index contributed by atoms with van der Waals surface area (Å²) in [6.07, 6.45) is 0. The Morgan fingerprint density at radius 2 is 1.60 bits per heavy atom. The average Bonchev–Trinajstić information content (AvgIpc) is 2.74. The SMILES string of the molecule is C[Si](C)c1c(C(C)(C)C)ccc2c1[nH]c1ccccc12. The predicted octanol–water partition coefficient (Wildman–Crippen LogP) is 4.58. The third-order valence-corrected chi connectivity index (χ3v) is 5.51. The first-order chi connectivity index (χ1) is 9.39. The number of para-hydroxylation sites is 1. The number of hydrogen-bond acceptors (Lipinski definition) is 0. The predicted molar refractivity (Wildman–Crippen MR) is 91.6 cm³/mol. The summed E-state index contributed by atoms with van der Waals surface area (Å²) in [5, 5.41) is 4.28. The van der Waals surface area contributed by atoms with E-state index >= 15 is 0 Å². The van der Waals surface area contributed by atoms with Gasteiger partial charge in [0.2, 0.25) is 0 Å². The highest BCUT2D eigenvalue weighted by Crippen LogP contribution is 2.29. The Bertz CT molecular complexity index is 775. The lowest BCUT2D eigenvalue weighted by atomic mass is 9.86. The minimum Gasteiger partial charge on any atom is -0.355 e. The molecule has 3 rings (SSSR count). The molecular formula is C18H22NSi. The van der Waals surface area contributed by atoms with Crippen LogP contribution in [0.3, 0.4) is 0 Å². The van der Waals surface area contributed by atoms with E-state index in [1.807, 2.05) is 0 Å². The van der Waals surface area contributed by atoms with Gasteiger partial charge in [-0.2, -0.15) is 0 Å². The number of aromatic amines is 1. The van der Waals surface area contributed by atoms with Crippen LogP contribution in [0.1, 0.15) is 26.3 Å². The highest BCUT2D eigenvalue weighted by atomic mass is 28.3. The third-order valence-electron chi connectivity index (χ3n) is 3.99. The summed E-state index contributed by atoms with van der Waals surface area (Å²) in [4.78, 5) is 3.67. The van der Waals surface area contributed by atoms with Crippen LogP contribution in [0, 0.1) is 0 Å². The fourth-order valence-electron chi connectivity index (χ4n) is 3.06. The molecule has 0 aliphatic rings. The van der Waals surface area contributed by atoms with Crippen molar-refractivity contribution < 1.29 is 0 Å². The van der Waals surface area contributed by atoms with Gasteiger partial charge in [0.05, 0.1) is 8.80 Å². The molecule has 0 saturated carbocycles. The van der Waals surface area contributed by atoms with E-state index in [-0.39, 0.29) is 5.41 Å². The number of H-pyrrole nitrogens is 1. The standard InChI is InChI=1S/C18H22NSi/c1-18(2,3)14-11-10-13-12-8-6-7-9-15(12)19-16(13)17(14)20(4)5/h6-11,19H,1-5H3. The number of rotatable bonds is 1. The summed E-state index contributed by atoms with van der Waals surface area (Å²) in [6.45, 7) is 11.7. The number of aromatic nitrogens is 1. The van der Waals surface area contributed by atoms with Gasteiger partial charge < -0.3 is 4.98 Å². The molecule has 1 heterocycles. The fraction of sp³-hybridized carbons (Fsp3) is 0.333. The molecule has 0 unspecified atom stereocenters. The van der Waals surface area contributed by atoms with Gasteiger partial charge >= 0.3 is 0 Å². The second-order valence-corrected chi connectivity index (χ2v) is 9.33. The van der Waals surface area contributed by atoms with Crippen molar-refractivity contribution in [3.05, 3.63) is 42.0 Å². The maximum atomic E-state index is 3.67. The molecule has 0 amide bonds. The van der Waals surface area contributed by atoms with Gasteiger partial charge in [-0.3, -0.25) is 0 Å². The molecule has 1 N–H and O–H groups in total. The molecule has 1 aromatic heterocycles. The Hall–Kier alpha value is -1.54. The van der Waals surface area contributed by atoms with Crippen molar-refractivity contribution in [2.75, 3.05) is 0 Å². The normalized spacial score (nSPS) is 12.7. The van der Waals surface area contributed by atoms with Crippen LogP contribution < -0.4 is 5.19 Å². The quantitative estimate of drug-likeness (QED) is 0.628. The van der Waals surface area contributed by atoms with Gasteiger partial charge in [0, 0.05) is 21.8 Å². The van der Waals surface area contributed by atoms with Crippen molar-refractivity contribution in [2.24, 2.45) is 0 Å². The van der Waals surface area contributed by atoms with Crippen LogP contribution in [0.15, 0.2) is 36.4 Å². The zero-order chi connectivity index (χ0) is 14.5. The van der Waals surface area contributed by atoms with Gasteiger partial charge in [0.15, 0.2) is 0 Å². The van der Waals surface area contributed by atoms with Crippen molar-refractivity contribution >= 4 is 35.8 Å². The van der Waals surface area contributed by atoms with Crippen molar-refractivity contribution in [3.8, 4) is 0 Å². The van der Waals surface area contributed by atoms with Crippen molar-refractivity contribution in [1.82, 2.24) is 4.98 Å². The molecular weight excluding hydrogens is 258 g/mol. The molecule has 0 bridgehead atoms. The van der Waals surface area contributed by atoms with E-state index in [2.05, 4.69) is 75.2 Å². The van der Waals surface area contributed by atoms with Crippen LogP contribution in [0.5, 0.6) is 0 Å². The summed E-state index contributed by atoms with van der Waals surface area (Å²) in [5.74, 6) is 0. The smallest absolute Gasteiger partial charge is 0.0823 e. The third kappa shape index (κ3) is 1.99. The molecule has 20 heavy (non-hydrogen) atoms. The van der Waals surface area contributed by atoms with Gasteiger partial charge in [-0.15, -0.1) is 0 Å². The molecule has 0 aliphatic heterocycles. The fourth-order valence-corrected chi connectivity index (χ4v) is 4.76. The summed E-state index contributed by atoms with van der Waals surface area (Å²) in [7, 11) is -0.528. The Labute approximate surface area is 122 Å². The van der Waals surface area contributed by atoms with Crippen LogP contribution in [0.25, 0.3) is 21.8 Å². The summed E-state index contributed by atoms with van der Waals surface area (Å²) >= 11 is 0. The monoisotopic (exact) mass is 280 g/mol.